The highest BCUT2D eigenvalue weighted by Crippen LogP contribution is 2.40. The first-order valence-corrected chi connectivity index (χ1v) is 8.36. The molecule has 5 nitrogen and oxygen atoms in total. The van der Waals surface area contributed by atoms with Crippen molar-refractivity contribution in [3.05, 3.63) is 58.7 Å². The zero-order chi connectivity index (χ0) is 17.6. The lowest BCUT2D eigenvalue weighted by molar-refractivity contribution is 0.0941. The molecule has 2 heterocycles. The van der Waals surface area contributed by atoms with Gasteiger partial charge in [-0.2, -0.15) is 0 Å². The van der Waals surface area contributed by atoms with Gasteiger partial charge in [-0.3, -0.25) is 4.79 Å². The fourth-order valence-electron chi connectivity index (χ4n) is 2.99. The number of nitrogens with one attached hydrogen (secondary N) is 1. The van der Waals surface area contributed by atoms with Crippen LogP contribution >= 0.6 is 0 Å². The fourth-order valence-corrected chi connectivity index (χ4v) is 2.99. The molecule has 1 aliphatic carbocycles. The Kier molecular flexibility index (Phi) is 3.75. The van der Waals surface area contributed by atoms with Crippen molar-refractivity contribution in [1.82, 2.24) is 15.5 Å². The number of amides is 1. The summed E-state index contributed by atoms with van der Waals surface area (Å²) < 4.78 is 18.4. The van der Waals surface area contributed by atoms with Crippen LogP contribution in [-0.2, 0) is 0 Å². The number of aryl methyl sites for hydroxylation is 1. The maximum atomic E-state index is 13.1. The molecule has 0 radical (unpaired) electrons. The monoisotopic (exact) mass is 339 g/mol. The van der Waals surface area contributed by atoms with Gasteiger partial charge in [-0.25, -0.2) is 9.37 Å². The van der Waals surface area contributed by atoms with Crippen molar-refractivity contribution in [1.29, 1.82) is 0 Å². The molecule has 1 amide bonds. The number of hydrogen-bond acceptors (Lipinski definition) is 4. The molecule has 0 aliphatic heterocycles. The Morgan fingerprint density at radius 1 is 1.32 bits per heavy atom. The SMILES string of the molecule is Cc1noc2nc(C3CC3)cc(C(=O)N[C@@H](C)c3ccc(F)cc3)c12. The van der Waals surface area contributed by atoms with E-state index >= 15 is 0 Å². The Balaban J connectivity index is 1.67. The molecule has 128 valence electrons. The predicted octanol–water partition coefficient (Wildman–Crippen LogP) is 4.04. The van der Waals surface area contributed by atoms with E-state index in [0.717, 1.165) is 24.1 Å². The topological polar surface area (TPSA) is 68.0 Å². The Hall–Kier alpha value is -2.76. The third-order valence-corrected chi connectivity index (χ3v) is 4.59. The maximum Gasteiger partial charge on any atom is 0.259 e. The Labute approximate surface area is 144 Å². The molecule has 1 N–H and O–H groups in total. The van der Waals surface area contributed by atoms with Crippen LogP contribution in [0.1, 0.15) is 59.0 Å². The molecule has 1 atom stereocenters. The number of pyridine rings is 1. The first-order valence-electron chi connectivity index (χ1n) is 8.36. The van der Waals surface area contributed by atoms with Gasteiger partial charge in [0.2, 0.25) is 0 Å². The summed E-state index contributed by atoms with van der Waals surface area (Å²) in [5.74, 6) is -0.111. The van der Waals surface area contributed by atoms with E-state index in [1.54, 1.807) is 19.1 Å². The van der Waals surface area contributed by atoms with E-state index in [9.17, 15) is 9.18 Å². The highest BCUT2D eigenvalue weighted by atomic mass is 19.1. The summed E-state index contributed by atoms with van der Waals surface area (Å²) in [6, 6.07) is 7.71. The number of nitrogens with zero attached hydrogens (tertiary/aromatic N) is 2. The van der Waals surface area contributed by atoms with Gasteiger partial charge in [0.1, 0.15) is 5.82 Å². The summed E-state index contributed by atoms with van der Waals surface area (Å²) in [6.45, 7) is 3.66. The molecule has 0 saturated heterocycles. The molecular weight excluding hydrogens is 321 g/mol. The molecule has 1 fully saturated rings. The van der Waals surface area contributed by atoms with Gasteiger partial charge in [0.25, 0.3) is 11.6 Å². The zero-order valence-corrected chi connectivity index (χ0v) is 14.0. The van der Waals surface area contributed by atoms with Crippen molar-refractivity contribution in [2.45, 2.75) is 38.6 Å². The third-order valence-electron chi connectivity index (χ3n) is 4.59. The first kappa shape index (κ1) is 15.7. The van der Waals surface area contributed by atoms with E-state index in [-0.39, 0.29) is 17.8 Å². The summed E-state index contributed by atoms with van der Waals surface area (Å²) >= 11 is 0. The lowest BCUT2D eigenvalue weighted by Gasteiger charge is -2.15. The van der Waals surface area contributed by atoms with Crippen molar-refractivity contribution in [3.8, 4) is 0 Å². The van der Waals surface area contributed by atoms with Gasteiger partial charge in [0, 0.05) is 11.6 Å². The van der Waals surface area contributed by atoms with Gasteiger partial charge in [-0.15, -0.1) is 0 Å². The molecule has 0 bridgehead atoms. The number of hydrogen-bond donors (Lipinski definition) is 1. The molecule has 1 aliphatic rings. The average molecular weight is 339 g/mol. The molecule has 6 heteroatoms. The van der Waals surface area contributed by atoms with Crippen molar-refractivity contribution in [2.75, 3.05) is 0 Å². The minimum atomic E-state index is -0.299. The largest absolute Gasteiger partial charge is 0.345 e. The van der Waals surface area contributed by atoms with E-state index in [2.05, 4.69) is 15.5 Å². The quantitative estimate of drug-likeness (QED) is 0.779. The number of halogens is 1. The predicted molar refractivity (Wildman–Crippen MR) is 90.8 cm³/mol. The number of rotatable bonds is 4. The number of carbonyl (C=O) groups excluding carboxylic acids is 1. The van der Waals surface area contributed by atoms with Crippen LogP contribution in [0.2, 0.25) is 0 Å². The minimum Gasteiger partial charge on any atom is -0.345 e. The van der Waals surface area contributed by atoms with Gasteiger partial charge in [-0.05, 0) is 50.5 Å². The summed E-state index contributed by atoms with van der Waals surface area (Å²) in [4.78, 5) is 17.4. The lowest BCUT2D eigenvalue weighted by atomic mass is 10.1. The van der Waals surface area contributed by atoms with Crippen LogP contribution in [0.25, 0.3) is 11.1 Å². The first-order chi connectivity index (χ1) is 12.0. The molecular formula is C19H18FN3O2. The highest BCUT2D eigenvalue weighted by molar-refractivity contribution is 6.06. The van der Waals surface area contributed by atoms with Crippen LogP contribution in [-0.4, -0.2) is 16.0 Å². The van der Waals surface area contributed by atoms with E-state index < -0.39 is 0 Å². The Bertz CT molecular complexity index is 945. The summed E-state index contributed by atoms with van der Waals surface area (Å²) in [5.41, 5.74) is 3.29. The van der Waals surface area contributed by atoms with Gasteiger partial charge >= 0.3 is 0 Å². The van der Waals surface area contributed by atoms with Crippen LogP contribution in [0.3, 0.4) is 0 Å². The summed E-state index contributed by atoms with van der Waals surface area (Å²) in [5, 5.41) is 7.56. The van der Waals surface area contributed by atoms with Gasteiger partial charge in [0.15, 0.2) is 0 Å². The summed E-state index contributed by atoms with van der Waals surface area (Å²) in [6.07, 6.45) is 2.16. The molecule has 0 unspecified atom stereocenters. The second kappa shape index (κ2) is 5.95. The third kappa shape index (κ3) is 2.99. The van der Waals surface area contributed by atoms with Crippen molar-refractivity contribution in [3.63, 3.8) is 0 Å². The van der Waals surface area contributed by atoms with E-state index in [0.29, 0.717) is 28.3 Å². The molecule has 2 aromatic heterocycles. The van der Waals surface area contributed by atoms with Gasteiger partial charge in [0.05, 0.1) is 22.7 Å². The van der Waals surface area contributed by atoms with E-state index in [1.807, 2.05) is 13.0 Å². The van der Waals surface area contributed by atoms with E-state index in [4.69, 9.17) is 4.52 Å². The van der Waals surface area contributed by atoms with Crippen molar-refractivity contribution < 1.29 is 13.7 Å². The molecule has 3 aromatic rings. The van der Waals surface area contributed by atoms with E-state index in [1.165, 1.54) is 12.1 Å². The average Bonchev–Trinajstić information content (AvgIpc) is 3.38. The smallest absolute Gasteiger partial charge is 0.259 e. The zero-order valence-electron chi connectivity index (χ0n) is 14.0. The standard InChI is InChI=1S/C19H18FN3O2/c1-10(12-5-7-14(20)8-6-12)21-18(24)15-9-16(13-3-4-13)22-19-17(15)11(2)23-25-19/h5-10,13H,3-4H2,1-2H3,(H,21,24)/t10-/m0/s1. The molecule has 25 heavy (non-hydrogen) atoms. The fraction of sp³-hybridized carbons (Fsp3) is 0.316. The van der Waals surface area contributed by atoms with Crippen molar-refractivity contribution in [2.24, 2.45) is 0 Å². The number of fused-ring (bicyclic) bond motifs is 1. The number of benzene rings is 1. The number of carbonyl (C=O) groups is 1. The van der Waals surface area contributed by atoms with Crippen LogP contribution in [0.5, 0.6) is 0 Å². The van der Waals surface area contributed by atoms with Crippen LogP contribution in [0, 0.1) is 12.7 Å². The minimum absolute atomic E-state index is 0.211. The Morgan fingerprint density at radius 2 is 2.04 bits per heavy atom. The van der Waals surface area contributed by atoms with Crippen LogP contribution < -0.4 is 5.32 Å². The normalized spacial score (nSPS) is 15.3. The molecule has 0 spiro atoms. The van der Waals surface area contributed by atoms with Gasteiger partial charge < -0.3 is 9.84 Å². The second-order valence-electron chi connectivity index (χ2n) is 6.56. The van der Waals surface area contributed by atoms with Gasteiger partial charge in [-0.1, -0.05) is 17.3 Å². The summed E-state index contributed by atoms with van der Waals surface area (Å²) in [7, 11) is 0. The molecule has 4 rings (SSSR count). The molecule has 1 aromatic carbocycles. The molecule has 1 saturated carbocycles. The van der Waals surface area contributed by atoms with Crippen LogP contribution in [0.15, 0.2) is 34.9 Å². The number of aromatic nitrogens is 2. The van der Waals surface area contributed by atoms with Crippen molar-refractivity contribution >= 4 is 17.0 Å². The van der Waals surface area contributed by atoms with Crippen LogP contribution in [0.4, 0.5) is 4.39 Å². The second-order valence-corrected chi connectivity index (χ2v) is 6.56. The lowest BCUT2D eigenvalue weighted by Crippen LogP contribution is -2.27. The highest BCUT2D eigenvalue weighted by Gasteiger charge is 2.29. The maximum absolute atomic E-state index is 13.1. The Morgan fingerprint density at radius 3 is 2.72 bits per heavy atom.